The molecule has 2 aromatic heterocycles. The van der Waals surface area contributed by atoms with Gasteiger partial charge in [-0.15, -0.1) is 0 Å². The van der Waals surface area contributed by atoms with E-state index in [2.05, 4.69) is 10.3 Å². The Morgan fingerprint density at radius 1 is 1.26 bits per heavy atom. The third-order valence-corrected chi connectivity index (χ3v) is 5.56. The Hall–Kier alpha value is -2.83. The van der Waals surface area contributed by atoms with Crippen LogP contribution in [-0.2, 0) is 0 Å². The Morgan fingerprint density at radius 3 is 2.63 bits per heavy atom. The largest absolute Gasteiger partial charge is 0.481 e. The standard InChI is InChI=1S/C20H23N3O4/c1-26-18-7-4-14(12-21-18)19(24)22-11-13-9-15-5-6-16(10-13)23(15)20(25)17-3-2-8-27-17/h2-4,7-8,12-13,15-16H,5-6,9-11H2,1H3,(H,22,24)/t13?,15-,16+. The summed E-state index contributed by atoms with van der Waals surface area (Å²) in [6.45, 7) is 0.612. The minimum absolute atomic E-state index is 0.0145. The first-order valence-electron chi connectivity index (χ1n) is 9.30. The summed E-state index contributed by atoms with van der Waals surface area (Å²) in [5, 5.41) is 3.00. The average Bonchev–Trinajstić information content (AvgIpc) is 3.32. The van der Waals surface area contributed by atoms with Gasteiger partial charge in [-0.2, -0.15) is 0 Å². The molecule has 27 heavy (non-hydrogen) atoms. The molecule has 0 aliphatic carbocycles. The van der Waals surface area contributed by atoms with E-state index in [1.165, 1.54) is 12.5 Å². The van der Waals surface area contributed by atoms with Gasteiger partial charge in [0.25, 0.3) is 11.8 Å². The Morgan fingerprint density at radius 2 is 2.04 bits per heavy atom. The molecule has 3 atom stereocenters. The lowest BCUT2D eigenvalue weighted by Gasteiger charge is -2.38. The van der Waals surface area contributed by atoms with Crippen molar-refractivity contribution < 1.29 is 18.7 Å². The van der Waals surface area contributed by atoms with Gasteiger partial charge in [0.05, 0.1) is 18.9 Å². The lowest BCUT2D eigenvalue weighted by Crippen LogP contribution is -2.48. The molecule has 2 bridgehead atoms. The van der Waals surface area contributed by atoms with E-state index < -0.39 is 0 Å². The van der Waals surface area contributed by atoms with Gasteiger partial charge in [-0.3, -0.25) is 9.59 Å². The zero-order valence-corrected chi connectivity index (χ0v) is 15.3. The molecular formula is C20H23N3O4. The maximum Gasteiger partial charge on any atom is 0.290 e. The van der Waals surface area contributed by atoms with E-state index in [4.69, 9.17) is 9.15 Å². The summed E-state index contributed by atoms with van der Waals surface area (Å²) < 4.78 is 10.3. The first kappa shape index (κ1) is 17.6. The number of piperidine rings is 1. The highest BCUT2D eigenvalue weighted by molar-refractivity contribution is 5.94. The fourth-order valence-electron chi connectivity index (χ4n) is 4.29. The number of fused-ring (bicyclic) bond motifs is 2. The molecule has 4 rings (SSSR count). The van der Waals surface area contributed by atoms with Crippen LogP contribution in [0.25, 0.3) is 0 Å². The molecular weight excluding hydrogens is 346 g/mol. The van der Waals surface area contributed by atoms with E-state index in [0.29, 0.717) is 29.7 Å². The monoisotopic (exact) mass is 369 g/mol. The van der Waals surface area contributed by atoms with Crippen LogP contribution in [0.4, 0.5) is 0 Å². The maximum atomic E-state index is 12.7. The normalized spacial score (nSPS) is 23.9. The van der Waals surface area contributed by atoms with Crippen LogP contribution in [0.3, 0.4) is 0 Å². The van der Waals surface area contributed by atoms with Crippen molar-refractivity contribution in [1.29, 1.82) is 0 Å². The number of hydrogen-bond donors (Lipinski definition) is 1. The number of carbonyl (C=O) groups excluding carboxylic acids is 2. The molecule has 142 valence electrons. The van der Waals surface area contributed by atoms with Crippen molar-refractivity contribution in [2.75, 3.05) is 13.7 Å². The molecule has 2 saturated heterocycles. The number of nitrogens with zero attached hydrogens (tertiary/aromatic N) is 2. The SMILES string of the molecule is COc1ccc(C(=O)NCC2C[C@H]3CC[C@@H](C2)N3C(=O)c2ccco2)cn1. The second kappa shape index (κ2) is 7.42. The molecule has 2 amide bonds. The van der Waals surface area contributed by atoms with E-state index in [1.54, 1.807) is 31.4 Å². The van der Waals surface area contributed by atoms with Crippen LogP contribution in [-0.4, -0.2) is 47.4 Å². The van der Waals surface area contributed by atoms with Crippen LogP contribution in [0, 0.1) is 5.92 Å². The number of pyridine rings is 1. The summed E-state index contributed by atoms with van der Waals surface area (Å²) in [5.41, 5.74) is 0.518. The lowest BCUT2D eigenvalue weighted by atomic mass is 9.90. The van der Waals surface area contributed by atoms with Crippen molar-refractivity contribution in [3.8, 4) is 5.88 Å². The molecule has 4 heterocycles. The van der Waals surface area contributed by atoms with E-state index in [-0.39, 0.29) is 23.9 Å². The summed E-state index contributed by atoms with van der Waals surface area (Å²) in [4.78, 5) is 31.1. The van der Waals surface area contributed by atoms with Gasteiger partial charge in [-0.05, 0) is 49.8 Å². The van der Waals surface area contributed by atoms with Gasteiger partial charge in [0.1, 0.15) is 0 Å². The molecule has 7 nitrogen and oxygen atoms in total. The number of hydrogen-bond acceptors (Lipinski definition) is 5. The zero-order valence-electron chi connectivity index (χ0n) is 15.3. The van der Waals surface area contributed by atoms with Crippen LogP contribution in [0.1, 0.15) is 46.6 Å². The van der Waals surface area contributed by atoms with Crippen LogP contribution in [0.15, 0.2) is 41.1 Å². The van der Waals surface area contributed by atoms with Gasteiger partial charge in [0.2, 0.25) is 5.88 Å². The first-order valence-corrected chi connectivity index (χ1v) is 9.30. The molecule has 0 spiro atoms. The molecule has 2 aromatic rings. The average molecular weight is 369 g/mol. The molecule has 7 heteroatoms. The fraction of sp³-hybridized carbons (Fsp3) is 0.450. The molecule has 2 aliphatic heterocycles. The van der Waals surface area contributed by atoms with Crippen LogP contribution >= 0.6 is 0 Å². The second-order valence-electron chi connectivity index (χ2n) is 7.21. The van der Waals surface area contributed by atoms with Gasteiger partial charge in [0.15, 0.2) is 5.76 Å². The first-order chi connectivity index (χ1) is 13.2. The number of aromatic nitrogens is 1. The molecule has 0 aromatic carbocycles. The van der Waals surface area contributed by atoms with E-state index in [9.17, 15) is 9.59 Å². The van der Waals surface area contributed by atoms with Crippen molar-refractivity contribution in [2.24, 2.45) is 5.92 Å². The molecule has 2 fully saturated rings. The van der Waals surface area contributed by atoms with Crippen LogP contribution in [0.2, 0.25) is 0 Å². The summed E-state index contributed by atoms with van der Waals surface area (Å²) in [6, 6.07) is 7.29. The van der Waals surface area contributed by atoms with E-state index in [0.717, 1.165) is 25.7 Å². The number of nitrogens with one attached hydrogen (secondary N) is 1. The number of ether oxygens (including phenoxy) is 1. The Bertz CT molecular complexity index is 789. The minimum Gasteiger partial charge on any atom is -0.481 e. The fourth-order valence-corrected chi connectivity index (χ4v) is 4.29. The molecule has 2 aliphatic rings. The minimum atomic E-state index is -0.133. The quantitative estimate of drug-likeness (QED) is 0.875. The molecule has 0 radical (unpaired) electrons. The van der Waals surface area contributed by atoms with E-state index >= 15 is 0 Å². The number of methoxy groups -OCH3 is 1. The van der Waals surface area contributed by atoms with Gasteiger partial charge in [0, 0.05) is 30.9 Å². The van der Waals surface area contributed by atoms with Crippen LogP contribution in [0.5, 0.6) is 5.88 Å². The molecule has 0 saturated carbocycles. The molecule has 1 unspecified atom stereocenters. The Labute approximate surface area is 157 Å². The number of carbonyl (C=O) groups is 2. The number of furan rings is 1. The Balaban J connectivity index is 1.33. The Kier molecular flexibility index (Phi) is 4.83. The van der Waals surface area contributed by atoms with Gasteiger partial charge < -0.3 is 19.4 Å². The molecule has 1 N–H and O–H groups in total. The van der Waals surface area contributed by atoms with Crippen molar-refractivity contribution in [2.45, 2.75) is 37.8 Å². The zero-order chi connectivity index (χ0) is 18.8. The second-order valence-corrected chi connectivity index (χ2v) is 7.21. The lowest BCUT2D eigenvalue weighted by molar-refractivity contribution is 0.0488. The van der Waals surface area contributed by atoms with Gasteiger partial charge in [-0.25, -0.2) is 4.98 Å². The highest BCUT2D eigenvalue weighted by Gasteiger charge is 2.43. The van der Waals surface area contributed by atoms with Gasteiger partial charge >= 0.3 is 0 Å². The summed E-state index contributed by atoms with van der Waals surface area (Å²) in [6.07, 6.45) is 6.90. The predicted molar refractivity (Wildman–Crippen MR) is 97.5 cm³/mol. The van der Waals surface area contributed by atoms with Crippen molar-refractivity contribution in [3.63, 3.8) is 0 Å². The van der Waals surface area contributed by atoms with Gasteiger partial charge in [-0.1, -0.05) is 0 Å². The highest BCUT2D eigenvalue weighted by atomic mass is 16.5. The van der Waals surface area contributed by atoms with Crippen LogP contribution < -0.4 is 10.1 Å². The maximum absolute atomic E-state index is 12.7. The van der Waals surface area contributed by atoms with Crippen molar-refractivity contribution in [1.82, 2.24) is 15.2 Å². The highest BCUT2D eigenvalue weighted by Crippen LogP contribution is 2.39. The van der Waals surface area contributed by atoms with E-state index in [1.807, 2.05) is 4.90 Å². The summed E-state index contributed by atoms with van der Waals surface area (Å²) in [5.74, 6) is 1.12. The predicted octanol–water partition coefficient (Wildman–Crippen LogP) is 2.50. The summed E-state index contributed by atoms with van der Waals surface area (Å²) in [7, 11) is 1.54. The third kappa shape index (κ3) is 3.54. The number of amides is 2. The summed E-state index contributed by atoms with van der Waals surface area (Å²) >= 11 is 0. The van der Waals surface area contributed by atoms with Crippen molar-refractivity contribution >= 4 is 11.8 Å². The topological polar surface area (TPSA) is 84.7 Å². The number of rotatable bonds is 5. The third-order valence-electron chi connectivity index (χ3n) is 5.56. The smallest absolute Gasteiger partial charge is 0.290 e. The van der Waals surface area contributed by atoms with Crippen molar-refractivity contribution in [3.05, 3.63) is 48.0 Å².